The molecule has 0 aliphatic rings. The minimum atomic E-state index is -0.657. The number of aromatic amines is 1. The molecule has 90 valence electrons. The number of nitrogens with zero attached hydrogens (tertiary/aromatic N) is 2. The molecule has 0 bridgehead atoms. The number of aliphatic hydroxyl groups excluding tert-OH is 2. The number of aromatic nitrogens is 3. The van der Waals surface area contributed by atoms with E-state index in [1.54, 1.807) is 18.2 Å². The predicted octanol–water partition coefficient (Wildman–Crippen LogP) is -0.959. The van der Waals surface area contributed by atoms with Gasteiger partial charge in [0, 0.05) is 5.56 Å². The third-order valence-corrected chi connectivity index (χ3v) is 2.35. The molecule has 1 amide bonds. The molecule has 0 unspecified atom stereocenters. The Hall–Kier alpha value is -1.99. The second kappa shape index (κ2) is 4.89. The highest BCUT2D eigenvalue weighted by atomic mass is 16.3. The zero-order valence-electron chi connectivity index (χ0n) is 8.92. The normalized spacial score (nSPS) is 11.0. The van der Waals surface area contributed by atoms with Crippen molar-refractivity contribution in [2.24, 2.45) is 0 Å². The highest BCUT2D eigenvalue weighted by molar-refractivity contribution is 5.97. The van der Waals surface area contributed by atoms with Crippen LogP contribution < -0.4 is 5.32 Å². The minimum absolute atomic E-state index is 0.311. The van der Waals surface area contributed by atoms with Crippen LogP contribution in [0.15, 0.2) is 18.2 Å². The number of carbonyl (C=O) groups is 1. The summed E-state index contributed by atoms with van der Waals surface area (Å²) in [6.45, 7) is -0.622. The monoisotopic (exact) mass is 236 g/mol. The summed E-state index contributed by atoms with van der Waals surface area (Å²) in [6.07, 6.45) is 0. The van der Waals surface area contributed by atoms with Crippen LogP contribution in [0.2, 0.25) is 0 Å². The van der Waals surface area contributed by atoms with Crippen LogP contribution in [-0.4, -0.2) is 50.8 Å². The fourth-order valence-electron chi connectivity index (χ4n) is 1.40. The molecular weight excluding hydrogens is 224 g/mol. The molecule has 1 aromatic heterocycles. The van der Waals surface area contributed by atoms with Gasteiger partial charge in [0.1, 0.15) is 11.0 Å². The lowest BCUT2D eigenvalue weighted by Crippen LogP contribution is -2.40. The molecular formula is C10H12N4O3. The highest BCUT2D eigenvalue weighted by Crippen LogP contribution is 2.10. The molecule has 2 aromatic rings. The largest absolute Gasteiger partial charge is 0.394 e. The Morgan fingerprint density at radius 3 is 2.71 bits per heavy atom. The summed E-state index contributed by atoms with van der Waals surface area (Å²) < 4.78 is 0. The molecule has 0 aliphatic carbocycles. The standard InChI is InChI=1S/C10H12N4O3/c15-4-7(5-16)11-10(17)6-1-2-8-9(3-6)13-14-12-8/h1-3,7,15-16H,4-5H2,(H,11,17)(H,12,13,14). The summed E-state index contributed by atoms with van der Waals surface area (Å²) in [7, 11) is 0. The Labute approximate surface area is 96.5 Å². The molecule has 7 nitrogen and oxygen atoms in total. The van der Waals surface area contributed by atoms with Crippen LogP contribution in [-0.2, 0) is 0 Å². The Balaban J connectivity index is 2.18. The number of carbonyl (C=O) groups excluding carboxylic acids is 1. The smallest absolute Gasteiger partial charge is 0.251 e. The molecule has 0 saturated heterocycles. The van der Waals surface area contributed by atoms with Crippen molar-refractivity contribution in [1.29, 1.82) is 0 Å². The van der Waals surface area contributed by atoms with Gasteiger partial charge in [-0.15, -0.1) is 0 Å². The third kappa shape index (κ3) is 2.40. The van der Waals surface area contributed by atoms with Crippen LogP contribution >= 0.6 is 0 Å². The Morgan fingerprint density at radius 2 is 2.00 bits per heavy atom. The van der Waals surface area contributed by atoms with Gasteiger partial charge < -0.3 is 15.5 Å². The first kappa shape index (κ1) is 11.5. The summed E-state index contributed by atoms with van der Waals surface area (Å²) in [5.41, 5.74) is 1.66. The van der Waals surface area contributed by atoms with E-state index in [9.17, 15) is 4.79 Å². The minimum Gasteiger partial charge on any atom is -0.394 e. The Kier molecular flexibility index (Phi) is 3.31. The molecule has 0 fully saturated rings. The van der Waals surface area contributed by atoms with E-state index < -0.39 is 6.04 Å². The highest BCUT2D eigenvalue weighted by Gasteiger charge is 2.12. The van der Waals surface area contributed by atoms with Gasteiger partial charge in [-0.2, -0.15) is 15.4 Å². The maximum Gasteiger partial charge on any atom is 0.251 e. The Bertz CT molecular complexity index is 521. The second-order valence-electron chi connectivity index (χ2n) is 3.56. The van der Waals surface area contributed by atoms with Crippen molar-refractivity contribution >= 4 is 16.9 Å². The van der Waals surface area contributed by atoms with Crippen molar-refractivity contribution in [2.45, 2.75) is 6.04 Å². The lowest BCUT2D eigenvalue weighted by Gasteiger charge is -2.12. The second-order valence-corrected chi connectivity index (χ2v) is 3.56. The molecule has 7 heteroatoms. The number of hydrogen-bond donors (Lipinski definition) is 4. The average molecular weight is 236 g/mol. The van der Waals surface area contributed by atoms with Crippen LogP contribution in [0.5, 0.6) is 0 Å². The van der Waals surface area contributed by atoms with E-state index in [0.717, 1.165) is 0 Å². The van der Waals surface area contributed by atoms with Gasteiger partial charge in [0.25, 0.3) is 5.91 Å². The fraction of sp³-hybridized carbons (Fsp3) is 0.300. The van der Waals surface area contributed by atoms with Gasteiger partial charge in [0.15, 0.2) is 0 Å². The maximum atomic E-state index is 11.7. The third-order valence-electron chi connectivity index (χ3n) is 2.35. The molecule has 17 heavy (non-hydrogen) atoms. The first-order chi connectivity index (χ1) is 8.24. The van der Waals surface area contributed by atoms with Gasteiger partial charge in [-0.3, -0.25) is 4.79 Å². The number of fused-ring (bicyclic) bond motifs is 1. The van der Waals surface area contributed by atoms with Gasteiger partial charge in [-0.25, -0.2) is 0 Å². The Morgan fingerprint density at radius 1 is 1.29 bits per heavy atom. The van der Waals surface area contributed by atoms with E-state index >= 15 is 0 Å². The quantitative estimate of drug-likeness (QED) is 0.546. The number of amides is 1. The molecule has 0 aliphatic heterocycles. The summed E-state index contributed by atoms with van der Waals surface area (Å²) in [6, 6.07) is 4.20. The molecule has 2 rings (SSSR count). The zero-order chi connectivity index (χ0) is 12.3. The van der Waals surface area contributed by atoms with Crippen molar-refractivity contribution in [3.8, 4) is 0 Å². The average Bonchev–Trinajstić information content (AvgIpc) is 2.82. The van der Waals surface area contributed by atoms with Gasteiger partial charge in [-0.1, -0.05) is 0 Å². The molecule has 0 radical (unpaired) electrons. The van der Waals surface area contributed by atoms with E-state index in [1.807, 2.05) is 0 Å². The van der Waals surface area contributed by atoms with E-state index in [-0.39, 0.29) is 19.1 Å². The summed E-state index contributed by atoms with van der Waals surface area (Å²) in [5, 5.41) is 30.4. The zero-order valence-corrected chi connectivity index (χ0v) is 8.92. The van der Waals surface area contributed by atoms with E-state index in [1.165, 1.54) is 0 Å². The number of nitrogens with one attached hydrogen (secondary N) is 2. The number of benzene rings is 1. The first-order valence-corrected chi connectivity index (χ1v) is 5.07. The van der Waals surface area contributed by atoms with Crippen LogP contribution in [0, 0.1) is 0 Å². The molecule has 0 atom stereocenters. The van der Waals surface area contributed by atoms with E-state index in [4.69, 9.17) is 10.2 Å². The first-order valence-electron chi connectivity index (χ1n) is 5.07. The van der Waals surface area contributed by atoms with Gasteiger partial charge >= 0.3 is 0 Å². The molecule has 0 saturated carbocycles. The van der Waals surface area contributed by atoms with E-state index in [2.05, 4.69) is 20.7 Å². The molecule has 1 aromatic carbocycles. The number of hydrogen-bond acceptors (Lipinski definition) is 5. The van der Waals surface area contributed by atoms with Crippen molar-refractivity contribution in [3.63, 3.8) is 0 Å². The van der Waals surface area contributed by atoms with Crippen LogP contribution in [0.4, 0.5) is 0 Å². The van der Waals surface area contributed by atoms with Crippen molar-refractivity contribution < 1.29 is 15.0 Å². The summed E-state index contributed by atoms with van der Waals surface area (Å²) in [4.78, 5) is 11.7. The topological polar surface area (TPSA) is 111 Å². The predicted molar refractivity (Wildman–Crippen MR) is 59.3 cm³/mol. The fourth-order valence-corrected chi connectivity index (χ4v) is 1.40. The maximum absolute atomic E-state index is 11.7. The van der Waals surface area contributed by atoms with Crippen LogP contribution in [0.1, 0.15) is 10.4 Å². The van der Waals surface area contributed by atoms with Gasteiger partial charge in [0.05, 0.1) is 19.3 Å². The lowest BCUT2D eigenvalue weighted by atomic mass is 10.1. The summed E-state index contributed by atoms with van der Waals surface area (Å²) >= 11 is 0. The van der Waals surface area contributed by atoms with E-state index in [0.29, 0.717) is 16.6 Å². The molecule has 1 heterocycles. The molecule has 4 N–H and O–H groups in total. The van der Waals surface area contributed by atoms with Crippen molar-refractivity contribution in [3.05, 3.63) is 23.8 Å². The molecule has 0 spiro atoms. The van der Waals surface area contributed by atoms with Gasteiger partial charge in [0.2, 0.25) is 0 Å². The van der Waals surface area contributed by atoms with Crippen LogP contribution in [0.25, 0.3) is 11.0 Å². The number of rotatable bonds is 4. The SMILES string of the molecule is O=C(NC(CO)CO)c1ccc2n[nH]nc2c1. The number of aliphatic hydroxyl groups is 2. The van der Waals surface area contributed by atoms with Gasteiger partial charge in [-0.05, 0) is 18.2 Å². The van der Waals surface area contributed by atoms with Crippen LogP contribution in [0.3, 0.4) is 0 Å². The summed E-state index contributed by atoms with van der Waals surface area (Å²) in [5.74, 6) is -0.372. The van der Waals surface area contributed by atoms with Crippen molar-refractivity contribution in [1.82, 2.24) is 20.7 Å². The number of H-pyrrole nitrogens is 1. The lowest BCUT2D eigenvalue weighted by molar-refractivity contribution is 0.0879. The van der Waals surface area contributed by atoms with Crippen molar-refractivity contribution in [2.75, 3.05) is 13.2 Å².